The van der Waals surface area contributed by atoms with Crippen molar-refractivity contribution in [2.45, 2.75) is 118 Å². The zero-order valence-electron chi connectivity index (χ0n) is 39.7. The normalized spacial score (nSPS) is 19.9. The van der Waals surface area contributed by atoms with Crippen LogP contribution in [-0.4, -0.2) is 95.3 Å². The van der Waals surface area contributed by atoms with Crippen molar-refractivity contribution in [2.24, 2.45) is 16.2 Å². The predicted molar refractivity (Wildman–Crippen MR) is 261 cm³/mol. The van der Waals surface area contributed by atoms with Crippen LogP contribution in [0.4, 0.5) is 5.69 Å². The van der Waals surface area contributed by atoms with Gasteiger partial charge < -0.3 is 40.7 Å². The van der Waals surface area contributed by atoms with Crippen LogP contribution in [0.2, 0.25) is 5.02 Å². The Morgan fingerprint density at radius 1 is 1.01 bits per heavy atom. The van der Waals surface area contributed by atoms with E-state index in [-0.39, 0.29) is 60.9 Å². The number of amides is 4. The summed E-state index contributed by atoms with van der Waals surface area (Å²) in [5.74, 6) is -0.850. The number of ether oxygens (including phenoxy) is 2. The van der Waals surface area contributed by atoms with Gasteiger partial charge in [0.1, 0.15) is 36.6 Å². The van der Waals surface area contributed by atoms with Crippen LogP contribution in [0.15, 0.2) is 72.2 Å². The van der Waals surface area contributed by atoms with E-state index in [4.69, 9.17) is 21.1 Å². The molecule has 2 fully saturated rings. The number of halogens is 1. The Morgan fingerprint density at radius 2 is 1.72 bits per heavy atom. The van der Waals surface area contributed by atoms with Crippen molar-refractivity contribution >= 4 is 52.3 Å². The van der Waals surface area contributed by atoms with E-state index >= 15 is 0 Å². The van der Waals surface area contributed by atoms with Gasteiger partial charge in [0.25, 0.3) is 5.91 Å². The Balaban J connectivity index is 0.897. The minimum absolute atomic E-state index is 0.0127. The highest BCUT2D eigenvalue weighted by molar-refractivity contribution is 7.13. The van der Waals surface area contributed by atoms with Crippen LogP contribution in [0.5, 0.6) is 5.75 Å². The summed E-state index contributed by atoms with van der Waals surface area (Å²) in [5.41, 5.74) is 5.18. The topological polar surface area (TPSA) is 195 Å². The molecule has 5 N–H and O–H groups in total. The smallest absolute Gasteiger partial charge is 0.251 e. The van der Waals surface area contributed by atoms with Crippen LogP contribution in [0.1, 0.15) is 102 Å². The molecule has 2 aliphatic rings. The summed E-state index contributed by atoms with van der Waals surface area (Å²) in [5, 5.41) is 32.5. The van der Waals surface area contributed by atoms with E-state index in [1.165, 1.54) is 4.90 Å². The molecular formula is C51H64ClN7O7S. The van der Waals surface area contributed by atoms with Crippen molar-refractivity contribution in [1.82, 2.24) is 25.8 Å². The van der Waals surface area contributed by atoms with Gasteiger partial charge in [0.05, 0.1) is 32.8 Å². The second-order valence-corrected chi connectivity index (χ2v) is 21.0. The summed E-state index contributed by atoms with van der Waals surface area (Å²) < 4.78 is 12.0. The SMILES string of the molecule is CCc1ncsc1-c1ccc(CNC(=O)[C@@H]2C[C@@H](O)CN2C(=O)[C@@H](NC(=O)COCCCCNc2ccc(C(=O)NC3C(C)(C)C(Oc4ccc(C#N)c(Cl)c4)C3(C)C)cc2)C(C)(C)C)cc1. The zero-order chi connectivity index (χ0) is 48.7. The van der Waals surface area contributed by atoms with E-state index < -0.39 is 35.4 Å². The van der Waals surface area contributed by atoms with Crippen LogP contribution in [-0.2, 0) is 32.1 Å². The number of rotatable bonds is 19. The van der Waals surface area contributed by atoms with Gasteiger partial charge in [0.15, 0.2) is 0 Å². The van der Waals surface area contributed by atoms with Crippen molar-refractivity contribution in [1.29, 1.82) is 5.26 Å². The van der Waals surface area contributed by atoms with Crippen LogP contribution in [0, 0.1) is 27.6 Å². The number of hydrogen-bond donors (Lipinski definition) is 5. The molecule has 67 heavy (non-hydrogen) atoms. The highest BCUT2D eigenvalue weighted by Crippen LogP contribution is 2.55. The third-order valence-electron chi connectivity index (χ3n) is 12.8. The number of nitrogens with one attached hydrogen (secondary N) is 4. The van der Waals surface area contributed by atoms with Crippen molar-refractivity contribution in [2.75, 3.05) is 31.6 Å². The molecule has 16 heteroatoms. The molecule has 3 atom stereocenters. The first-order valence-electron chi connectivity index (χ1n) is 22.9. The van der Waals surface area contributed by atoms with E-state index in [1.807, 2.05) is 62.7 Å². The first kappa shape index (κ1) is 50.9. The largest absolute Gasteiger partial charge is 0.489 e. The molecule has 3 aromatic carbocycles. The van der Waals surface area contributed by atoms with Gasteiger partial charge in [0, 0.05) is 66.9 Å². The number of nitrogens with zero attached hydrogens (tertiary/aromatic N) is 3. The third kappa shape index (κ3) is 12.1. The standard InChI is InChI=1S/C51H64ClN7O7S/c1-9-39-42(67-30-56-39)32-14-12-31(13-15-32)27-55-45(63)40-24-36(60)28-59(40)46(64)43(49(2,3)4)57-41(61)29-65-23-11-10-22-54-35-19-16-33(17-20-35)44(62)58-47-50(5,6)48(51(47,7)8)66-37-21-18-34(26-53)38(52)25-37/h12-21,25,30,36,40,43,47-48,54,60H,9-11,22-24,27-29H2,1-8H3,(H,55,63)(H,57,61)(H,58,62)/t36-,40+,43-,47?,48?/m1/s1. The van der Waals surface area contributed by atoms with Crippen LogP contribution >= 0.6 is 22.9 Å². The lowest BCUT2D eigenvalue weighted by molar-refractivity contribution is -0.164. The van der Waals surface area contributed by atoms with Crippen molar-refractivity contribution in [3.63, 3.8) is 0 Å². The number of carbonyl (C=O) groups excluding carboxylic acids is 4. The zero-order valence-corrected chi connectivity index (χ0v) is 41.3. The number of likely N-dealkylation sites (tertiary alicyclic amines) is 1. The lowest BCUT2D eigenvalue weighted by atomic mass is 9.49. The molecule has 0 radical (unpaired) electrons. The number of aliphatic hydroxyl groups is 1. The lowest BCUT2D eigenvalue weighted by Crippen LogP contribution is -2.74. The molecule has 2 heterocycles. The third-order valence-corrected chi connectivity index (χ3v) is 14.0. The van der Waals surface area contributed by atoms with E-state index in [9.17, 15) is 29.5 Å². The number of carbonyl (C=O) groups is 4. The van der Waals surface area contributed by atoms with Crippen molar-refractivity contribution in [3.8, 4) is 22.3 Å². The Morgan fingerprint density at radius 3 is 2.36 bits per heavy atom. The fraction of sp³-hybridized carbons (Fsp3) is 0.490. The molecule has 6 rings (SSSR count). The Labute approximate surface area is 403 Å². The number of nitriles is 1. The second-order valence-electron chi connectivity index (χ2n) is 19.7. The first-order valence-corrected chi connectivity index (χ1v) is 24.2. The molecule has 1 aliphatic carbocycles. The maximum Gasteiger partial charge on any atom is 0.251 e. The van der Waals surface area contributed by atoms with Gasteiger partial charge in [-0.3, -0.25) is 19.2 Å². The summed E-state index contributed by atoms with van der Waals surface area (Å²) in [6, 6.07) is 20.3. The van der Waals surface area contributed by atoms with E-state index in [0.717, 1.165) is 40.2 Å². The molecule has 1 saturated heterocycles. The van der Waals surface area contributed by atoms with Crippen molar-refractivity contribution < 1.29 is 33.8 Å². The van der Waals surface area contributed by atoms with Gasteiger partial charge in [-0.2, -0.15) is 5.26 Å². The van der Waals surface area contributed by atoms with Crippen LogP contribution in [0.25, 0.3) is 10.4 Å². The molecule has 358 valence electrons. The van der Waals surface area contributed by atoms with Gasteiger partial charge in [0.2, 0.25) is 17.7 Å². The average molecular weight is 955 g/mol. The maximum absolute atomic E-state index is 14.0. The predicted octanol–water partition coefficient (Wildman–Crippen LogP) is 7.53. The molecule has 1 aliphatic heterocycles. The van der Waals surface area contributed by atoms with E-state index in [1.54, 1.807) is 41.7 Å². The summed E-state index contributed by atoms with van der Waals surface area (Å²) in [6.07, 6.45) is 1.30. The summed E-state index contributed by atoms with van der Waals surface area (Å²) in [7, 11) is 0. The van der Waals surface area contributed by atoms with Crippen LogP contribution in [0.3, 0.4) is 0 Å². The summed E-state index contributed by atoms with van der Waals surface area (Å²) >= 11 is 7.83. The van der Waals surface area contributed by atoms with Crippen LogP contribution < -0.4 is 26.0 Å². The first-order chi connectivity index (χ1) is 31.7. The van der Waals surface area contributed by atoms with E-state index in [0.29, 0.717) is 41.5 Å². The molecular weight excluding hydrogens is 890 g/mol. The monoisotopic (exact) mass is 953 g/mol. The highest BCUT2D eigenvalue weighted by atomic mass is 35.5. The number of thiazole rings is 1. The molecule has 0 bridgehead atoms. The summed E-state index contributed by atoms with van der Waals surface area (Å²) in [6.45, 7) is 16.8. The maximum atomic E-state index is 14.0. The molecule has 4 aromatic rings. The average Bonchev–Trinajstić information content (AvgIpc) is 3.94. The highest BCUT2D eigenvalue weighted by Gasteiger charge is 2.64. The van der Waals surface area contributed by atoms with Gasteiger partial charge in [-0.05, 0) is 72.2 Å². The van der Waals surface area contributed by atoms with Gasteiger partial charge in [-0.25, -0.2) is 4.98 Å². The quantitative estimate of drug-likeness (QED) is 0.0587. The lowest BCUT2D eigenvalue weighted by Gasteiger charge is -2.63. The molecule has 0 unspecified atom stereocenters. The molecule has 4 amide bonds. The van der Waals surface area contributed by atoms with Crippen molar-refractivity contribution in [3.05, 3.63) is 99.6 Å². The fourth-order valence-corrected chi connectivity index (χ4v) is 10.5. The summed E-state index contributed by atoms with van der Waals surface area (Å²) in [4.78, 5) is 60.9. The number of hydrogen-bond acceptors (Lipinski definition) is 11. The number of aromatic nitrogens is 1. The Hall–Kier alpha value is -5.53. The fourth-order valence-electron chi connectivity index (χ4n) is 9.44. The molecule has 0 spiro atoms. The number of benzene rings is 3. The van der Waals surface area contributed by atoms with Gasteiger partial charge >= 0.3 is 0 Å². The number of aryl methyl sites for hydroxylation is 1. The number of anilines is 1. The van der Waals surface area contributed by atoms with Gasteiger partial charge in [-0.15, -0.1) is 11.3 Å². The number of aliphatic hydroxyl groups excluding tert-OH is 1. The van der Waals surface area contributed by atoms with Gasteiger partial charge in [-0.1, -0.05) is 91.3 Å². The molecule has 14 nitrogen and oxygen atoms in total. The Kier molecular flexibility index (Phi) is 16.4. The number of unbranched alkanes of at least 4 members (excludes halogenated alkanes) is 1. The Bertz CT molecular complexity index is 2410. The second kappa shape index (κ2) is 21.6. The molecule has 1 aromatic heterocycles. The minimum atomic E-state index is -0.955. The minimum Gasteiger partial charge on any atom is -0.489 e. The number of β-amino-alcohol motifs (C(OH)–C–C–N with tert-alkyl or cyclic N) is 1. The van der Waals surface area contributed by atoms with E-state index in [2.05, 4.69) is 66.9 Å². The molecule has 1 saturated carbocycles.